The average Bonchev–Trinajstić information content (AvgIpc) is 2.57. The van der Waals surface area contributed by atoms with Gasteiger partial charge in [0.25, 0.3) is 0 Å². The van der Waals surface area contributed by atoms with E-state index < -0.39 is 29.9 Å². The number of nitrogen functional groups attached to an aromatic ring is 1. The van der Waals surface area contributed by atoms with Gasteiger partial charge in [0, 0.05) is 11.4 Å². The number of carboxylic acids is 1. The number of aliphatic carboxylic acids is 1. The third-order valence-electron chi connectivity index (χ3n) is 4.68. The van der Waals surface area contributed by atoms with Crippen LogP contribution < -0.4 is 11.1 Å². The van der Waals surface area contributed by atoms with Crippen LogP contribution in [0.15, 0.2) is 48.5 Å². The minimum absolute atomic E-state index is 0.420. The zero-order valence-electron chi connectivity index (χ0n) is 14.6. The molecule has 0 aliphatic heterocycles. The molecule has 4 N–H and O–H groups in total. The fraction of sp³-hybridized carbons (Fsp3) is 0.250. The van der Waals surface area contributed by atoms with Gasteiger partial charge in [-0.3, -0.25) is 14.9 Å². The van der Waals surface area contributed by atoms with Crippen LogP contribution in [-0.4, -0.2) is 23.1 Å². The van der Waals surface area contributed by atoms with Gasteiger partial charge in [0.05, 0.1) is 11.8 Å². The summed E-state index contributed by atoms with van der Waals surface area (Å²) in [5.41, 5.74) is 9.03. The molecule has 1 amide bonds. The quantitative estimate of drug-likeness (QED) is 0.424. The van der Waals surface area contributed by atoms with Gasteiger partial charge in [-0.05, 0) is 54.7 Å². The third-order valence-corrected chi connectivity index (χ3v) is 4.68. The summed E-state index contributed by atoms with van der Waals surface area (Å²) in [7, 11) is 0. The molecule has 2 aromatic carbocycles. The maximum absolute atomic E-state index is 11.9. The number of nitrogens with one attached hydrogen (secondary N) is 1. The Morgan fingerprint density at radius 1 is 0.963 bits per heavy atom. The number of rotatable bonds is 5. The van der Waals surface area contributed by atoms with Gasteiger partial charge in [-0.2, -0.15) is 0 Å². The van der Waals surface area contributed by atoms with Crippen LogP contribution >= 0.6 is 0 Å². The highest BCUT2D eigenvalue weighted by atomic mass is 16.6. The summed E-state index contributed by atoms with van der Waals surface area (Å²) in [5.74, 6) is -3.36. The Labute approximate surface area is 156 Å². The standard InChI is InChI=1S/C20H20N2O5/c21-14-5-1-12(2-6-14)11-13-3-7-15(8-4-13)22-20(26)27-19(25)17-10-9-16(17)18(23)24/h1-8,16-17H,9-11,21H2,(H,22,26)(H,23,24). The highest BCUT2D eigenvalue weighted by Crippen LogP contribution is 2.35. The Hall–Kier alpha value is -3.35. The zero-order chi connectivity index (χ0) is 19.4. The molecule has 1 aliphatic rings. The van der Waals surface area contributed by atoms with Crippen molar-refractivity contribution in [2.24, 2.45) is 11.8 Å². The van der Waals surface area contributed by atoms with E-state index in [1.165, 1.54) is 0 Å². The molecular formula is C20H20N2O5. The molecule has 0 bridgehead atoms. The van der Waals surface area contributed by atoms with E-state index in [9.17, 15) is 14.4 Å². The SMILES string of the molecule is Nc1ccc(Cc2ccc(NC(=O)OC(=O)C3CCC3C(=O)O)cc2)cc1. The molecule has 0 heterocycles. The Morgan fingerprint density at radius 2 is 1.52 bits per heavy atom. The molecule has 7 heteroatoms. The zero-order valence-corrected chi connectivity index (χ0v) is 14.6. The van der Waals surface area contributed by atoms with E-state index in [-0.39, 0.29) is 0 Å². The first kappa shape index (κ1) is 18.4. The van der Waals surface area contributed by atoms with Crippen LogP contribution in [0.3, 0.4) is 0 Å². The second-order valence-corrected chi connectivity index (χ2v) is 6.58. The van der Waals surface area contributed by atoms with Crippen LogP contribution in [0.4, 0.5) is 16.2 Å². The Balaban J connectivity index is 1.51. The van der Waals surface area contributed by atoms with Crippen molar-refractivity contribution in [3.63, 3.8) is 0 Å². The van der Waals surface area contributed by atoms with Crippen LogP contribution in [-0.2, 0) is 20.7 Å². The number of amides is 1. The van der Waals surface area contributed by atoms with Crippen LogP contribution in [0.1, 0.15) is 24.0 Å². The molecule has 0 spiro atoms. The predicted molar refractivity (Wildman–Crippen MR) is 99.1 cm³/mol. The number of ether oxygens (including phenoxy) is 1. The molecule has 2 aromatic rings. The second-order valence-electron chi connectivity index (χ2n) is 6.58. The molecule has 2 atom stereocenters. The van der Waals surface area contributed by atoms with Crippen molar-refractivity contribution in [3.05, 3.63) is 59.7 Å². The highest BCUT2D eigenvalue weighted by molar-refractivity contribution is 5.95. The number of benzene rings is 2. The van der Waals surface area contributed by atoms with Crippen molar-refractivity contribution in [2.75, 3.05) is 11.1 Å². The van der Waals surface area contributed by atoms with Gasteiger partial charge in [0.2, 0.25) is 0 Å². The van der Waals surface area contributed by atoms with E-state index in [2.05, 4.69) is 5.32 Å². The molecule has 1 aliphatic carbocycles. The fourth-order valence-corrected chi connectivity index (χ4v) is 2.97. The summed E-state index contributed by atoms with van der Waals surface area (Å²) in [6.45, 7) is 0. The van der Waals surface area contributed by atoms with Crippen LogP contribution in [0.2, 0.25) is 0 Å². The molecule has 7 nitrogen and oxygen atoms in total. The minimum atomic E-state index is -1.04. The van der Waals surface area contributed by atoms with E-state index in [4.69, 9.17) is 15.6 Å². The first-order valence-electron chi connectivity index (χ1n) is 8.61. The largest absolute Gasteiger partial charge is 0.481 e. The molecule has 27 heavy (non-hydrogen) atoms. The van der Waals surface area contributed by atoms with E-state index in [1.807, 2.05) is 36.4 Å². The summed E-state index contributed by atoms with van der Waals surface area (Å²) >= 11 is 0. The van der Waals surface area contributed by atoms with E-state index in [1.54, 1.807) is 12.1 Å². The number of hydrogen-bond acceptors (Lipinski definition) is 5. The minimum Gasteiger partial charge on any atom is -0.481 e. The topological polar surface area (TPSA) is 119 Å². The number of esters is 1. The Kier molecular flexibility index (Phi) is 5.40. The molecule has 0 radical (unpaired) electrons. The molecule has 1 saturated carbocycles. The number of carbonyl (C=O) groups is 3. The Morgan fingerprint density at radius 3 is 2.04 bits per heavy atom. The second kappa shape index (κ2) is 7.90. The molecule has 140 valence electrons. The van der Waals surface area contributed by atoms with Crippen LogP contribution in [0.25, 0.3) is 0 Å². The number of carbonyl (C=O) groups excluding carboxylic acids is 2. The molecular weight excluding hydrogens is 348 g/mol. The van der Waals surface area contributed by atoms with Crippen molar-refractivity contribution in [1.29, 1.82) is 0 Å². The molecule has 0 aromatic heterocycles. The molecule has 2 unspecified atom stereocenters. The number of anilines is 2. The third kappa shape index (κ3) is 4.63. The summed E-state index contributed by atoms with van der Waals surface area (Å²) < 4.78 is 4.71. The van der Waals surface area contributed by atoms with Crippen molar-refractivity contribution < 1.29 is 24.2 Å². The lowest BCUT2D eigenvalue weighted by Crippen LogP contribution is -2.40. The van der Waals surface area contributed by atoms with Crippen molar-refractivity contribution in [3.8, 4) is 0 Å². The van der Waals surface area contributed by atoms with E-state index in [0.717, 1.165) is 17.5 Å². The van der Waals surface area contributed by atoms with Gasteiger partial charge in [0.1, 0.15) is 0 Å². The van der Waals surface area contributed by atoms with Crippen molar-refractivity contribution >= 4 is 29.4 Å². The van der Waals surface area contributed by atoms with Gasteiger partial charge >= 0.3 is 18.0 Å². The molecule has 0 saturated heterocycles. The maximum atomic E-state index is 11.9. The lowest BCUT2D eigenvalue weighted by atomic mass is 9.74. The first-order valence-corrected chi connectivity index (χ1v) is 8.61. The van der Waals surface area contributed by atoms with E-state index in [0.29, 0.717) is 24.2 Å². The van der Waals surface area contributed by atoms with Gasteiger partial charge in [-0.1, -0.05) is 24.3 Å². The van der Waals surface area contributed by atoms with Gasteiger partial charge in [0.15, 0.2) is 0 Å². The average molecular weight is 368 g/mol. The first-order chi connectivity index (χ1) is 12.9. The highest BCUT2D eigenvalue weighted by Gasteiger charge is 2.43. The van der Waals surface area contributed by atoms with Crippen molar-refractivity contribution in [2.45, 2.75) is 19.3 Å². The maximum Gasteiger partial charge on any atom is 0.419 e. The monoisotopic (exact) mass is 368 g/mol. The summed E-state index contributed by atoms with van der Waals surface area (Å²) in [4.78, 5) is 34.6. The lowest BCUT2D eigenvalue weighted by molar-refractivity contribution is -0.159. The predicted octanol–water partition coefficient (Wildman–Crippen LogP) is 3.05. The van der Waals surface area contributed by atoms with Crippen LogP contribution in [0.5, 0.6) is 0 Å². The number of nitrogens with two attached hydrogens (primary N) is 1. The molecule has 3 rings (SSSR count). The van der Waals surface area contributed by atoms with Gasteiger partial charge in [-0.15, -0.1) is 0 Å². The lowest BCUT2D eigenvalue weighted by Gasteiger charge is -2.30. The summed E-state index contributed by atoms with van der Waals surface area (Å²) in [6, 6.07) is 14.7. The van der Waals surface area contributed by atoms with Crippen molar-refractivity contribution in [1.82, 2.24) is 0 Å². The smallest absolute Gasteiger partial charge is 0.419 e. The summed E-state index contributed by atoms with van der Waals surface area (Å²) in [5, 5.41) is 11.4. The normalized spacial score (nSPS) is 18.2. The van der Waals surface area contributed by atoms with Gasteiger partial charge < -0.3 is 15.6 Å². The Bertz CT molecular complexity index is 846. The summed E-state index contributed by atoms with van der Waals surface area (Å²) in [6.07, 6.45) is 0.652. The van der Waals surface area contributed by atoms with Gasteiger partial charge in [-0.25, -0.2) is 4.79 Å². The van der Waals surface area contributed by atoms with E-state index >= 15 is 0 Å². The molecule has 1 fully saturated rings. The fourth-order valence-electron chi connectivity index (χ4n) is 2.97. The van der Waals surface area contributed by atoms with Crippen LogP contribution in [0, 0.1) is 11.8 Å². The number of hydrogen-bond donors (Lipinski definition) is 3. The number of carboxylic acid groups (broad SMARTS) is 1.